The van der Waals surface area contributed by atoms with Crippen molar-refractivity contribution in [3.8, 4) is 6.07 Å². The summed E-state index contributed by atoms with van der Waals surface area (Å²) in [5, 5.41) is 9.60. The van der Waals surface area contributed by atoms with Gasteiger partial charge in [-0.15, -0.1) is 0 Å². The Hall–Kier alpha value is -0.970. The number of halogens is 2. The fourth-order valence-corrected chi connectivity index (χ4v) is 1.74. The van der Waals surface area contributed by atoms with Crippen molar-refractivity contribution in [3.05, 3.63) is 39.9 Å². The van der Waals surface area contributed by atoms with Crippen LogP contribution in [0.4, 0.5) is 0 Å². The van der Waals surface area contributed by atoms with Gasteiger partial charge in [0.1, 0.15) is 0 Å². The summed E-state index contributed by atoms with van der Waals surface area (Å²) in [6.45, 7) is 1.80. The Kier molecular flexibility index (Phi) is 3.36. The molecule has 0 aliphatic rings. The van der Waals surface area contributed by atoms with E-state index < -0.39 is 0 Å². The van der Waals surface area contributed by atoms with Crippen molar-refractivity contribution in [3.63, 3.8) is 0 Å². The molecule has 0 heterocycles. The van der Waals surface area contributed by atoms with E-state index >= 15 is 0 Å². The maximum absolute atomic E-state index is 8.47. The number of hydrogen-bond acceptors (Lipinski definition) is 1. The Morgan fingerprint density at radius 2 is 1.92 bits per heavy atom. The van der Waals surface area contributed by atoms with Crippen LogP contribution >= 0.6 is 23.2 Å². The normalized spacial score (nSPS) is 11.1. The van der Waals surface area contributed by atoms with E-state index in [-0.39, 0.29) is 0 Å². The molecule has 66 valence electrons. The summed E-state index contributed by atoms with van der Waals surface area (Å²) < 4.78 is 0. The summed E-state index contributed by atoms with van der Waals surface area (Å²) in [6.07, 6.45) is 1.42. The average Bonchev–Trinajstić information content (AvgIpc) is 2.04. The number of nitriles is 1. The van der Waals surface area contributed by atoms with Gasteiger partial charge in [-0.2, -0.15) is 5.26 Å². The van der Waals surface area contributed by atoms with Crippen molar-refractivity contribution in [2.24, 2.45) is 0 Å². The number of benzene rings is 1. The summed E-state index contributed by atoms with van der Waals surface area (Å²) in [5.74, 6) is 0. The highest BCUT2D eigenvalue weighted by Crippen LogP contribution is 2.30. The Bertz CT molecular complexity index is 368. The second-order valence-electron chi connectivity index (χ2n) is 2.55. The standard InChI is InChI=1S/C10H7Cl2N/c1-7(5-6-13)10-8(11)3-2-4-9(10)12/h2-5H,1H3/b7-5+. The summed E-state index contributed by atoms with van der Waals surface area (Å²) in [4.78, 5) is 0. The van der Waals surface area contributed by atoms with Gasteiger partial charge in [0.05, 0.1) is 6.07 Å². The average molecular weight is 212 g/mol. The number of rotatable bonds is 1. The molecule has 1 aromatic rings. The predicted molar refractivity (Wildman–Crippen MR) is 55.7 cm³/mol. The second kappa shape index (κ2) is 4.32. The number of allylic oxidation sites excluding steroid dienone is 2. The zero-order valence-corrected chi connectivity index (χ0v) is 8.52. The van der Waals surface area contributed by atoms with E-state index in [0.717, 1.165) is 11.1 Å². The van der Waals surface area contributed by atoms with Crippen LogP contribution in [0.25, 0.3) is 5.57 Å². The van der Waals surface area contributed by atoms with Crippen LogP contribution < -0.4 is 0 Å². The molecule has 0 aliphatic carbocycles. The quantitative estimate of drug-likeness (QED) is 0.647. The van der Waals surface area contributed by atoms with Crippen molar-refractivity contribution in [1.82, 2.24) is 0 Å². The zero-order valence-electron chi connectivity index (χ0n) is 7.01. The van der Waals surface area contributed by atoms with Crippen molar-refractivity contribution < 1.29 is 0 Å². The van der Waals surface area contributed by atoms with Gasteiger partial charge < -0.3 is 0 Å². The van der Waals surface area contributed by atoms with Crippen LogP contribution in [-0.2, 0) is 0 Å². The first-order valence-corrected chi connectivity index (χ1v) is 4.43. The van der Waals surface area contributed by atoms with E-state index in [1.807, 2.05) is 6.07 Å². The molecule has 0 amide bonds. The molecular weight excluding hydrogens is 205 g/mol. The Labute approximate surface area is 87.2 Å². The topological polar surface area (TPSA) is 23.8 Å². The third-order valence-electron chi connectivity index (χ3n) is 1.64. The summed E-state index contributed by atoms with van der Waals surface area (Å²) in [6, 6.07) is 7.21. The van der Waals surface area contributed by atoms with Crippen LogP contribution in [0.15, 0.2) is 24.3 Å². The van der Waals surface area contributed by atoms with Crippen molar-refractivity contribution in [1.29, 1.82) is 5.26 Å². The van der Waals surface area contributed by atoms with Crippen molar-refractivity contribution in [2.45, 2.75) is 6.92 Å². The fraction of sp³-hybridized carbons (Fsp3) is 0.100. The Morgan fingerprint density at radius 1 is 1.38 bits per heavy atom. The molecule has 0 N–H and O–H groups in total. The molecule has 0 radical (unpaired) electrons. The smallest absolute Gasteiger partial charge is 0.0915 e. The van der Waals surface area contributed by atoms with E-state index in [4.69, 9.17) is 28.5 Å². The molecule has 0 atom stereocenters. The van der Waals surface area contributed by atoms with Crippen LogP contribution in [0.2, 0.25) is 10.0 Å². The van der Waals surface area contributed by atoms with E-state index in [2.05, 4.69) is 0 Å². The molecule has 1 nitrogen and oxygen atoms in total. The van der Waals surface area contributed by atoms with E-state index in [9.17, 15) is 0 Å². The molecule has 0 unspecified atom stereocenters. The van der Waals surface area contributed by atoms with E-state index in [1.165, 1.54) is 6.08 Å². The van der Waals surface area contributed by atoms with Crippen molar-refractivity contribution >= 4 is 28.8 Å². The largest absolute Gasteiger partial charge is 0.193 e. The van der Waals surface area contributed by atoms with E-state index in [1.54, 1.807) is 25.1 Å². The van der Waals surface area contributed by atoms with Gasteiger partial charge in [0, 0.05) is 21.7 Å². The Balaban J connectivity index is 3.30. The molecule has 3 heteroatoms. The van der Waals surface area contributed by atoms with Crippen LogP contribution in [0, 0.1) is 11.3 Å². The molecule has 0 aromatic heterocycles. The summed E-state index contributed by atoms with van der Waals surface area (Å²) >= 11 is 11.9. The SMILES string of the molecule is C/C(=C\C#N)c1c(Cl)cccc1Cl. The summed E-state index contributed by atoms with van der Waals surface area (Å²) in [7, 11) is 0. The molecule has 0 bridgehead atoms. The highest BCUT2D eigenvalue weighted by atomic mass is 35.5. The molecule has 0 saturated heterocycles. The lowest BCUT2D eigenvalue weighted by Gasteiger charge is -2.05. The Morgan fingerprint density at radius 3 is 2.38 bits per heavy atom. The molecule has 0 spiro atoms. The van der Waals surface area contributed by atoms with Gasteiger partial charge in [-0.25, -0.2) is 0 Å². The van der Waals surface area contributed by atoms with Gasteiger partial charge in [-0.1, -0.05) is 29.3 Å². The molecular formula is C10H7Cl2N. The monoisotopic (exact) mass is 211 g/mol. The van der Waals surface area contributed by atoms with Gasteiger partial charge in [-0.3, -0.25) is 0 Å². The fourth-order valence-electron chi connectivity index (χ4n) is 1.04. The van der Waals surface area contributed by atoms with Gasteiger partial charge in [0.15, 0.2) is 0 Å². The zero-order chi connectivity index (χ0) is 9.84. The lowest BCUT2D eigenvalue weighted by molar-refractivity contribution is 1.51. The van der Waals surface area contributed by atoms with Crippen molar-refractivity contribution in [2.75, 3.05) is 0 Å². The molecule has 13 heavy (non-hydrogen) atoms. The molecule has 1 rings (SSSR count). The number of nitrogens with zero attached hydrogens (tertiary/aromatic N) is 1. The highest BCUT2D eigenvalue weighted by Gasteiger charge is 2.06. The minimum absolute atomic E-state index is 0.566. The molecule has 0 aliphatic heterocycles. The highest BCUT2D eigenvalue weighted by molar-refractivity contribution is 6.37. The first kappa shape index (κ1) is 10.1. The van der Waals surface area contributed by atoms with E-state index in [0.29, 0.717) is 10.0 Å². The lowest BCUT2D eigenvalue weighted by atomic mass is 10.1. The summed E-state index contributed by atoms with van der Waals surface area (Å²) in [5.41, 5.74) is 1.51. The maximum Gasteiger partial charge on any atom is 0.0915 e. The van der Waals surface area contributed by atoms with Gasteiger partial charge >= 0.3 is 0 Å². The first-order chi connectivity index (χ1) is 6.16. The van der Waals surface area contributed by atoms with Gasteiger partial charge in [-0.05, 0) is 24.6 Å². The lowest BCUT2D eigenvalue weighted by Crippen LogP contribution is -1.83. The molecule has 1 aromatic carbocycles. The molecule has 0 saturated carbocycles. The first-order valence-electron chi connectivity index (χ1n) is 3.67. The minimum Gasteiger partial charge on any atom is -0.193 e. The minimum atomic E-state index is 0.566. The maximum atomic E-state index is 8.47. The predicted octanol–water partition coefficient (Wildman–Crippen LogP) is 3.92. The number of hydrogen-bond donors (Lipinski definition) is 0. The van der Waals surface area contributed by atoms with Crippen LogP contribution in [-0.4, -0.2) is 0 Å². The second-order valence-corrected chi connectivity index (χ2v) is 3.37. The van der Waals surface area contributed by atoms with Gasteiger partial charge in [0.25, 0.3) is 0 Å². The van der Waals surface area contributed by atoms with Crippen LogP contribution in [0.5, 0.6) is 0 Å². The van der Waals surface area contributed by atoms with Crippen LogP contribution in [0.1, 0.15) is 12.5 Å². The van der Waals surface area contributed by atoms with Crippen LogP contribution in [0.3, 0.4) is 0 Å². The van der Waals surface area contributed by atoms with Gasteiger partial charge in [0.2, 0.25) is 0 Å². The third kappa shape index (κ3) is 2.24. The molecule has 0 fully saturated rings. The third-order valence-corrected chi connectivity index (χ3v) is 2.27.